The molecule has 0 aromatic carbocycles. The van der Waals surface area contributed by atoms with Crippen molar-refractivity contribution in [1.82, 2.24) is 0 Å². The largest absolute Gasteiger partial charge is 0.465 e. The zero-order valence-corrected chi connectivity index (χ0v) is 25.4. The normalized spacial score (nSPS) is 37.3. The fourth-order valence-electron chi connectivity index (χ4n) is 9.29. The fraction of sp³-hybridized carbons (Fsp3) is 0.765. The minimum atomic E-state index is -0.192. The Labute approximate surface area is 231 Å². The number of hydrogen-bond acceptors (Lipinski definition) is 4. The maximum Gasteiger partial charge on any atom is 0.302 e. The van der Waals surface area contributed by atoms with Crippen molar-refractivity contribution >= 4 is 11.9 Å². The molecule has 4 rings (SSSR count). The maximum atomic E-state index is 12.1. The molecule has 0 aromatic rings. The Morgan fingerprint density at radius 2 is 1.74 bits per heavy atom. The lowest BCUT2D eigenvalue weighted by molar-refractivity contribution is -0.165. The molecule has 0 amide bonds. The highest BCUT2D eigenvalue weighted by Crippen LogP contribution is 2.72. The number of esters is 2. The fourth-order valence-corrected chi connectivity index (χ4v) is 9.29. The molecule has 212 valence electrons. The van der Waals surface area contributed by atoms with Crippen LogP contribution in [0, 0.1) is 39.4 Å². The molecular formula is C34H52O4. The highest BCUT2D eigenvalue weighted by Gasteiger charge is 2.65. The van der Waals surface area contributed by atoms with Crippen LogP contribution in [0.25, 0.3) is 0 Å². The number of carbonyl (C=O) groups excluding carboxylic acids is 2. The molecule has 4 nitrogen and oxygen atoms in total. The highest BCUT2D eigenvalue weighted by atomic mass is 16.5. The van der Waals surface area contributed by atoms with Gasteiger partial charge in [0.1, 0.15) is 6.10 Å². The van der Waals surface area contributed by atoms with Gasteiger partial charge in [0, 0.05) is 30.1 Å². The molecule has 6 atom stereocenters. The summed E-state index contributed by atoms with van der Waals surface area (Å²) >= 11 is 0. The zero-order chi connectivity index (χ0) is 28.1. The maximum absolute atomic E-state index is 12.1. The summed E-state index contributed by atoms with van der Waals surface area (Å²) in [4.78, 5) is 24.0. The lowest BCUT2D eigenvalue weighted by atomic mass is 9.44. The zero-order valence-electron chi connectivity index (χ0n) is 25.4. The van der Waals surface area contributed by atoms with Crippen LogP contribution < -0.4 is 0 Å². The van der Waals surface area contributed by atoms with Crippen molar-refractivity contribution in [3.63, 3.8) is 0 Å². The summed E-state index contributed by atoms with van der Waals surface area (Å²) in [7, 11) is 0. The van der Waals surface area contributed by atoms with Crippen molar-refractivity contribution < 1.29 is 19.1 Å². The van der Waals surface area contributed by atoms with Crippen LogP contribution >= 0.6 is 0 Å². The summed E-state index contributed by atoms with van der Waals surface area (Å²) < 4.78 is 11.7. The van der Waals surface area contributed by atoms with Gasteiger partial charge in [-0.05, 0) is 85.7 Å². The Morgan fingerprint density at radius 1 is 1.03 bits per heavy atom. The molecule has 2 fully saturated rings. The van der Waals surface area contributed by atoms with Gasteiger partial charge in [0.15, 0.2) is 0 Å². The Kier molecular flexibility index (Phi) is 7.89. The Bertz CT molecular complexity index is 1030. The quantitative estimate of drug-likeness (QED) is 0.236. The van der Waals surface area contributed by atoms with Gasteiger partial charge in [-0.2, -0.15) is 0 Å². The summed E-state index contributed by atoms with van der Waals surface area (Å²) in [5.41, 5.74) is 4.11. The average Bonchev–Trinajstić information content (AvgIpc) is 3.12. The Morgan fingerprint density at radius 3 is 2.37 bits per heavy atom. The van der Waals surface area contributed by atoms with E-state index in [0.29, 0.717) is 24.4 Å². The monoisotopic (exact) mass is 524 g/mol. The smallest absolute Gasteiger partial charge is 0.302 e. The Balaban J connectivity index is 1.71. The lowest BCUT2D eigenvalue weighted by Gasteiger charge is -2.61. The van der Waals surface area contributed by atoms with Gasteiger partial charge in [-0.1, -0.05) is 72.3 Å². The van der Waals surface area contributed by atoms with Crippen molar-refractivity contribution in [3.05, 3.63) is 35.5 Å². The second-order valence-corrected chi connectivity index (χ2v) is 14.4. The van der Waals surface area contributed by atoms with Gasteiger partial charge < -0.3 is 9.47 Å². The number of fused-ring (bicyclic) bond motifs is 5. The molecule has 4 aliphatic carbocycles. The van der Waals surface area contributed by atoms with Crippen LogP contribution in [0.1, 0.15) is 113 Å². The van der Waals surface area contributed by atoms with E-state index in [1.807, 2.05) is 0 Å². The third-order valence-corrected chi connectivity index (χ3v) is 11.5. The van der Waals surface area contributed by atoms with Crippen molar-refractivity contribution in [2.24, 2.45) is 39.4 Å². The third-order valence-electron chi connectivity index (χ3n) is 11.5. The summed E-state index contributed by atoms with van der Waals surface area (Å²) in [6, 6.07) is 0. The molecule has 0 aliphatic heterocycles. The predicted molar refractivity (Wildman–Crippen MR) is 153 cm³/mol. The summed E-state index contributed by atoms with van der Waals surface area (Å²) in [6.45, 7) is 22.3. The molecule has 4 heteroatoms. The van der Waals surface area contributed by atoms with E-state index in [9.17, 15) is 9.59 Å². The first-order valence-electron chi connectivity index (χ1n) is 15.1. The van der Waals surface area contributed by atoms with Crippen LogP contribution in [0.2, 0.25) is 0 Å². The number of hydrogen-bond donors (Lipinski definition) is 0. The number of allylic oxidation sites excluding steroid dienone is 5. The second-order valence-electron chi connectivity index (χ2n) is 14.4. The number of carbonyl (C=O) groups is 2. The van der Waals surface area contributed by atoms with Crippen molar-refractivity contribution in [1.29, 1.82) is 0 Å². The molecule has 0 aromatic heterocycles. The van der Waals surface area contributed by atoms with Crippen LogP contribution in [0.5, 0.6) is 0 Å². The van der Waals surface area contributed by atoms with E-state index in [1.54, 1.807) is 0 Å². The van der Waals surface area contributed by atoms with Gasteiger partial charge in [-0.15, -0.1) is 0 Å². The summed E-state index contributed by atoms with van der Waals surface area (Å²) in [5.74, 6) is 1.11. The van der Waals surface area contributed by atoms with E-state index in [-0.39, 0.29) is 39.7 Å². The number of rotatable bonds is 8. The molecule has 0 bridgehead atoms. The summed E-state index contributed by atoms with van der Waals surface area (Å²) in [6.07, 6.45) is 14.5. The van der Waals surface area contributed by atoms with Gasteiger partial charge in [0.2, 0.25) is 0 Å². The van der Waals surface area contributed by atoms with Crippen molar-refractivity contribution in [2.45, 2.75) is 119 Å². The molecule has 2 saturated carbocycles. The molecule has 38 heavy (non-hydrogen) atoms. The third kappa shape index (κ3) is 4.62. The van der Waals surface area contributed by atoms with E-state index in [4.69, 9.17) is 9.47 Å². The molecule has 0 spiro atoms. The minimum absolute atomic E-state index is 0.0408. The standard InChI is InChI=1S/C34H52O4/c1-22(2)11-10-12-23(3)26-15-19-33(9)28-13-14-29-31(6,7)30(38-25(5)36)17-18-32(29,8)27(28)16-20-34(26,33)21-37-24(4)35/h13,16,22,26,29-30H,3,10-12,14-15,17-21H2,1-2,4-9H3/t26-,29+,30?,32-,33+,34+/m1/s1. The molecule has 0 saturated heterocycles. The molecule has 0 radical (unpaired) electrons. The van der Waals surface area contributed by atoms with E-state index in [0.717, 1.165) is 44.9 Å². The van der Waals surface area contributed by atoms with E-state index in [1.165, 1.54) is 43.4 Å². The van der Waals surface area contributed by atoms with Crippen molar-refractivity contribution in [2.75, 3.05) is 6.61 Å². The molecular weight excluding hydrogens is 472 g/mol. The second kappa shape index (κ2) is 10.3. The molecule has 1 unspecified atom stereocenters. The highest BCUT2D eigenvalue weighted by molar-refractivity contribution is 5.66. The van der Waals surface area contributed by atoms with Gasteiger partial charge in [0.25, 0.3) is 0 Å². The first-order valence-corrected chi connectivity index (χ1v) is 15.1. The van der Waals surface area contributed by atoms with Crippen LogP contribution in [-0.4, -0.2) is 24.6 Å². The predicted octanol–water partition coefficient (Wildman–Crippen LogP) is 8.37. The first-order chi connectivity index (χ1) is 17.7. The van der Waals surface area contributed by atoms with Gasteiger partial charge in [-0.3, -0.25) is 9.59 Å². The SMILES string of the molecule is C=C(CCCC(C)C)[C@H]1CC[C@@]2(C)C3=CC[C@H]4C(C)(C)C(OC(C)=O)CC[C@]4(C)C3=CC[C@]12COC(C)=O. The minimum Gasteiger partial charge on any atom is -0.465 e. The van der Waals surface area contributed by atoms with Crippen LogP contribution in [-0.2, 0) is 19.1 Å². The topological polar surface area (TPSA) is 52.6 Å². The first kappa shape index (κ1) is 29.2. The molecule has 4 aliphatic rings. The molecule has 0 N–H and O–H groups in total. The van der Waals surface area contributed by atoms with Gasteiger partial charge in [-0.25, -0.2) is 0 Å². The summed E-state index contributed by atoms with van der Waals surface area (Å²) in [5, 5.41) is 0. The lowest BCUT2D eigenvalue weighted by Crippen LogP contribution is -2.56. The van der Waals surface area contributed by atoms with Gasteiger partial charge >= 0.3 is 11.9 Å². The van der Waals surface area contributed by atoms with Crippen molar-refractivity contribution in [3.8, 4) is 0 Å². The molecule has 0 heterocycles. The van der Waals surface area contributed by atoms with Crippen LogP contribution in [0.3, 0.4) is 0 Å². The van der Waals surface area contributed by atoms with E-state index < -0.39 is 0 Å². The van der Waals surface area contributed by atoms with Gasteiger partial charge in [0.05, 0.1) is 6.61 Å². The average molecular weight is 525 g/mol. The Hall–Kier alpha value is -1.84. The van der Waals surface area contributed by atoms with Crippen LogP contribution in [0.15, 0.2) is 35.5 Å². The number of ether oxygens (including phenoxy) is 2. The van der Waals surface area contributed by atoms with E-state index in [2.05, 4.69) is 60.3 Å². The van der Waals surface area contributed by atoms with Crippen LogP contribution in [0.4, 0.5) is 0 Å². The van der Waals surface area contributed by atoms with E-state index >= 15 is 0 Å².